The van der Waals surface area contributed by atoms with Gasteiger partial charge in [-0.1, -0.05) is 5.21 Å². The van der Waals surface area contributed by atoms with Crippen LogP contribution in [-0.2, 0) is 16.1 Å². The van der Waals surface area contributed by atoms with Crippen molar-refractivity contribution in [3.05, 3.63) is 6.20 Å². The Hall–Kier alpha value is -2.12. The number of carbonyl (C=O) groups excluding carboxylic acids is 2. The first-order chi connectivity index (χ1) is 9.19. The van der Waals surface area contributed by atoms with Crippen molar-refractivity contribution < 1.29 is 14.3 Å². The standard InChI is InChI=1S/C11H17N5O3/c1-2-19-11(18)12-9-7-16(14-13-9)8-10(17)15-5-3-4-6-15/h7H,2-6,8H2,1H3,(H,12,18). The Morgan fingerprint density at radius 2 is 2.16 bits per heavy atom. The Bertz CT molecular complexity index is 453. The SMILES string of the molecule is CCOC(=O)Nc1cn(CC(=O)N2CCCC2)nn1. The summed E-state index contributed by atoms with van der Waals surface area (Å²) in [7, 11) is 0. The van der Waals surface area contributed by atoms with Gasteiger partial charge in [-0.3, -0.25) is 10.1 Å². The lowest BCUT2D eigenvalue weighted by molar-refractivity contribution is -0.130. The van der Waals surface area contributed by atoms with Crippen molar-refractivity contribution in [3.63, 3.8) is 0 Å². The van der Waals surface area contributed by atoms with Gasteiger partial charge in [0.25, 0.3) is 0 Å². The maximum Gasteiger partial charge on any atom is 0.412 e. The minimum Gasteiger partial charge on any atom is -0.450 e. The predicted octanol–water partition coefficient (Wildman–Crippen LogP) is 0.469. The highest BCUT2D eigenvalue weighted by Gasteiger charge is 2.18. The molecule has 0 atom stereocenters. The molecule has 2 heterocycles. The second-order valence-corrected chi connectivity index (χ2v) is 4.23. The number of hydrogen-bond donors (Lipinski definition) is 1. The number of ether oxygens (including phenoxy) is 1. The minimum atomic E-state index is -0.583. The second kappa shape index (κ2) is 6.17. The van der Waals surface area contributed by atoms with Crippen LogP contribution in [0.1, 0.15) is 19.8 Å². The van der Waals surface area contributed by atoms with Crippen LogP contribution in [0.15, 0.2) is 6.20 Å². The molecule has 0 saturated carbocycles. The Balaban J connectivity index is 1.86. The van der Waals surface area contributed by atoms with Crippen LogP contribution in [0.2, 0.25) is 0 Å². The molecule has 2 rings (SSSR count). The summed E-state index contributed by atoms with van der Waals surface area (Å²) in [5, 5.41) is 9.96. The molecule has 0 unspecified atom stereocenters. The molecule has 1 aliphatic rings. The zero-order chi connectivity index (χ0) is 13.7. The zero-order valence-corrected chi connectivity index (χ0v) is 10.8. The molecular formula is C11H17N5O3. The van der Waals surface area contributed by atoms with Gasteiger partial charge in [0.15, 0.2) is 5.82 Å². The van der Waals surface area contributed by atoms with Gasteiger partial charge < -0.3 is 9.64 Å². The molecule has 19 heavy (non-hydrogen) atoms. The lowest BCUT2D eigenvalue weighted by Gasteiger charge is -2.14. The highest BCUT2D eigenvalue weighted by atomic mass is 16.5. The number of carbonyl (C=O) groups is 2. The molecule has 0 bridgehead atoms. The van der Waals surface area contributed by atoms with Crippen LogP contribution >= 0.6 is 0 Å². The lowest BCUT2D eigenvalue weighted by Crippen LogP contribution is -2.31. The zero-order valence-electron chi connectivity index (χ0n) is 10.8. The number of likely N-dealkylation sites (tertiary alicyclic amines) is 1. The average molecular weight is 267 g/mol. The maximum atomic E-state index is 11.9. The quantitative estimate of drug-likeness (QED) is 0.856. The number of amides is 2. The van der Waals surface area contributed by atoms with Crippen molar-refractivity contribution in [3.8, 4) is 0 Å². The normalized spacial score (nSPS) is 14.5. The van der Waals surface area contributed by atoms with E-state index in [0.29, 0.717) is 0 Å². The number of nitrogens with one attached hydrogen (secondary N) is 1. The summed E-state index contributed by atoms with van der Waals surface area (Å²) in [6.07, 6.45) is 3.03. The number of nitrogens with zero attached hydrogens (tertiary/aromatic N) is 4. The predicted molar refractivity (Wildman–Crippen MR) is 66.5 cm³/mol. The topological polar surface area (TPSA) is 89.4 Å². The van der Waals surface area contributed by atoms with E-state index in [0.717, 1.165) is 25.9 Å². The van der Waals surface area contributed by atoms with Gasteiger partial charge in [-0.2, -0.15) is 0 Å². The fourth-order valence-corrected chi connectivity index (χ4v) is 1.91. The third-order valence-electron chi connectivity index (χ3n) is 2.80. The highest BCUT2D eigenvalue weighted by molar-refractivity contribution is 5.83. The first-order valence-electron chi connectivity index (χ1n) is 6.30. The highest BCUT2D eigenvalue weighted by Crippen LogP contribution is 2.08. The average Bonchev–Trinajstić information content (AvgIpc) is 3.00. The summed E-state index contributed by atoms with van der Waals surface area (Å²) >= 11 is 0. The summed E-state index contributed by atoms with van der Waals surface area (Å²) in [5.74, 6) is 0.290. The van der Waals surface area contributed by atoms with E-state index in [9.17, 15) is 9.59 Å². The number of aromatic nitrogens is 3. The third kappa shape index (κ3) is 3.67. The fraction of sp³-hybridized carbons (Fsp3) is 0.636. The van der Waals surface area contributed by atoms with Crippen molar-refractivity contribution in [1.82, 2.24) is 19.9 Å². The van der Waals surface area contributed by atoms with Crippen LogP contribution in [0.5, 0.6) is 0 Å². The van der Waals surface area contributed by atoms with E-state index in [-0.39, 0.29) is 24.9 Å². The van der Waals surface area contributed by atoms with Crippen LogP contribution in [0.25, 0.3) is 0 Å². The summed E-state index contributed by atoms with van der Waals surface area (Å²) in [6.45, 7) is 3.75. The summed E-state index contributed by atoms with van der Waals surface area (Å²) in [4.78, 5) is 24.8. The van der Waals surface area contributed by atoms with Crippen LogP contribution < -0.4 is 5.32 Å². The van der Waals surface area contributed by atoms with E-state index in [1.165, 1.54) is 10.9 Å². The number of rotatable bonds is 4. The maximum absolute atomic E-state index is 11.9. The summed E-state index contributed by atoms with van der Waals surface area (Å²) in [6, 6.07) is 0. The second-order valence-electron chi connectivity index (χ2n) is 4.23. The minimum absolute atomic E-state index is 0.0186. The first-order valence-corrected chi connectivity index (χ1v) is 6.30. The van der Waals surface area contributed by atoms with E-state index < -0.39 is 6.09 Å². The van der Waals surface area contributed by atoms with Gasteiger partial charge in [0.1, 0.15) is 6.54 Å². The molecule has 0 aromatic carbocycles. The number of anilines is 1. The van der Waals surface area contributed by atoms with Gasteiger partial charge in [0.2, 0.25) is 5.91 Å². The van der Waals surface area contributed by atoms with Crippen molar-refractivity contribution >= 4 is 17.8 Å². The first kappa shape index (κ1) is 13.3. The monoisotopic (exact) mass is 267 g/mol. The lowest BCUT2D eigenvalue weighted by atomic mass is 10.4. The Morgan fingerprint density at radius 3 is 2.84 bits per heavy atom. The molecule has 0 spiro atoms. The van der Waals surface area contributed by atoms with Gasteiger partial charge in [0.05, 0.1) is 12.8 Å². The molecule has 1 aliphatic heterocycles. The number of hydrogen-bond acceptors (Lipinski definition) is 5. The van der Waals surface area contributed by atoms with Gasteiger partial charge in [0, 0.05) is 13.1 Å². The molecule has 104 valence electrons. The molecule has 2 amide bonds. The summed E-state index contributed by atoms with van der Waals surface area (Å²) in [5.41, 5.74) is 0. The molecule has 1 fully saturated rings. The molecule has 8 nitrogen and oxygen atoms in total. The fourth-order valence-electron chi connectivity index (χ4n) is 1.91. The molecule has 1 aromatic rings. The van der Waals surface area contributed by atoms with Crippen LogP contribution in [0, 0.1) is 0 Å². The third-order valence-corrected chi connectivity index (χ3v) is 2.80. The van der Waals surface area contributed by atoms with E-state index >= 15 is 0 Å². The van der Waals surface area contributed by atoms with Crippen molar-refractivity contribution in [2.75, 3.05) is 25.0 Å². The van der Waals surface area contributed by atoms with E-state index in [2.05, 4.69) is 15.6 Å². The van der Waals surface area contributed by atoms with E-state index in [1.807, 2.05) is 0 Å². The largest absolute Gasteiger partial charge is 0.450 e. The smallest absolute Gasteiger partial charge is 0.412 e. The molecule has 1 aromatic heterocycles. The van der Waals surface area contributed by atoms with Crippen molar-refractivity contribution in [2.24, 2.45) is 0 Å². The van der Waals surface area contributed by atoms with Gasteiger partial charge in [-0.05, 0) is 19.8 Å². The Morgan fingerprint density at radius 1 is 1.42 bits per heavy atom. The van der Waals surface area contributed by atoms with Gasteiger partial charge >= 0.3 is 6.09 Å². The molecule has 1 N–H and O–H groups in total. The molecular weight excluding hydrogens is 250 g/mol. The molecule has 0 aliphatic carbocycles. The van der Waals surface area contributed by atoms with Crippen LogP contribution in [-0.4, -0.2) is 51.6 Å². The summed E-state index contributed by atoms with van der Waals surface area (Å²) < 4.78 is 6.12. The van der Waals surface area contributed by atoms with Gasteiger partial charge in [-0.25, -0.2) is 9.48 Å². The van der Waals surface area contributed by atoms with E-state index in [1.54, 1.807) is 11.8 Å². The van der Waals surface area contributed by atoms with E-state index in [4.69, 9.17) is 4.74 Å². The molecule has 1 saturated heterocycles. The Kier molecular flexibility index (Phi) is 4.32. The van der Waals surface area contributed by atoms with Crippen LogP contribution in [0.3, 0.4) is 0 Å². The molecule has 0 radical (unpaired) electrons. The van der Waals surface area contributed by atoms with Crippen molar-refractivity contribution in [1.29, 1.82) is 0 Å². The van der Waals surface area contributed by atoms with Crippen LogP contribution in [0.4, 0.5) is 10.6 Å². The van der Waals surface area contributed by atoms with Crippen molar-refractivity contribution in [2.45, 2.75) is 26.3 Å². The molecule has 8 heteroatoms. The van der Waals surface area contributed by atoms with Gasteiger partial charge in [-0.15, -0.1) is 5.10 Å². The Labute approximate surface area is 110 Å².